The van der Waals surface area contributed by atoms with Crippen LogP contribution in [0.1, 0.15) is 25.5 Å². The number of methoxy groups -OCH3 is 2. The van der Waals surface area contributed by atoms with E-state index in [0.29, 0.717) is 23.9 Å². The molecule has 0 spiro atoms. The van der Waals surface area contributed by atoms with Crippen molar-refractivity contribution in [3.05, 3.63) is 47.0 Å². The minimum Gasteiger partial charge on any atom is -0.493 e. The molecule has 1 N–H and O–H groups in total. The van der Waals surface area contributed by atoms with Crippen LogP contribution in [0.4, 0.5) is 0 Å². The fraction of sp³-hybridized carbons (Fsp3) is 0.333. The molecule has 1 unspecified atom stereocenters. The van der Waals surface area contributed by atoms with Gasteiger partial charge < -0.3 is 14.2 Å². The second-order valence-corrected chi connectivity index (χ2v) is 7.60. The molecule has 6 nitrogen and oxygen atoms in total. The molecule has 0 heterocycles. The summed E-state index contributed by atoms with van der Waals surface area (Å²) in [5.41, 5.74) is 0.739. The summed E-state index contributed by atoms with van der Waals surface area (Å²) in [6.07, 6.45) is 0. The molecule has 2 aromatic rings. The Labute approximate surface area is 159 Å². The minimum atomic E-state index is -3.76. The van der Waals surface area contributed by atoms with Crippen molar-refractivity contribution in [1.29, 1.82) is 0 Å². The lowest BCUT2D eigenvalue weighted by Gasteiger charge is -2.17. The number of rotatable bonds is 8. The molecule has 0 aromatic heterocycles. The van der Waals surface area contributed by atoms with Crippen LogP contribution in [-0.4, -0.2) is 29.2 Å². The third kappa shape index (κ3) is 4.60. The summed E-state index contributed by atoms with van der Waals surface area (Å²) < 4.78 is 43.7. The molecule has 0 saturated carbocycles. The third-order valence-corrected chi connectivity index (χ3v) is 5.59. The summed E-state index contributed by atoms with van der Waals surface area (Å²) in [4.78, 5) is 0.0679. The van der Waals surface area contributed by atoms with E-state index in [1.165, 1.54) is 19.2 Å². The maximum atomic E-state index is 12.6. The van der Waals surface area contributed by atoms with E-state index in [1.807, 2.05) is 6.92 Å². The predicted molar refractivity (Wildman–Crippen MR) is 101 cm³/mol. The lowest BCUT2D eigenvalue weighted by atomic mass is 10.1. The molecular formula is C18H22ClNO5S. The summed E-state index contributed by atoms with van der Waals surface area (Å²) in [5.74, 6) is 1.55. The van der Waals surface area contributed by atoms with Crippen LogP contribution in [-0.2, 0) is 10.0 Å². The van der Waals surface area contributed by atoms with Gasteiger partial charge in [0.1, 0.15) is 5.75 Å². The molecular weight excluding hydrogens is 378 g/mol. The maximum absolute atomic E-state index is 12.6. The minimum absolute atomic E-state index is 0.0679. The van der Waals surface area contributed by atoms with E-state index in [9.17, 15) is 8.42 Å². The highest BCUT2D eigenvalue weighted by Crippen LogP contribution is 2.31. The molecule has 0 radical (unpaired) electrons. The Hall–Kier alpha value is -1.96. The van der Waals surface area contributed by atoms with E-state index < -0.39 is 16.1 Å². The molecule has 2 aromatic carbocycles. The first-order valence-electron chi connectivity index (χ1n) is 7.99. The van der Waals surface area contributed by atoms with Crippen molar-refractivity contribution in [3.8, 4) is 17.2 Å². The number of sulfonamides is 1. The van der Waals surface area contributed by atoms with Gasteiger partial charge in [0.15, 0.2) is 11.5 Å². The van der Waals surface area contributed by atoms with Crippen LogP contribution in [0.3, 0.4) is 0 Å². The Kier molecular flexibility index (Phi) is 6.75. The lowest BCUT2D eigenvalue weighted by Crippen LogP contribution is -2.27. The molecule has 26 heavy (non-hydrogen) atoms. The van der Waals surface area contributed by atoms with Crippen LogP contribution < -0.4 is 18.9 Å². The maximum Gasteiger partial charge on any atom is 0.241 e. The van der Waals surface area contributed by atoms with Crippen molar-refractivity contribution in [2.24, 2.45) is 0 Å². The average molecular weight is 400 g/mol. The van der Waals surface area contributed by atoms with Gasteiger partial charge in [0.05, 0.1) is 30.7 Å². The van der Waals surface area contributed by atoms with Crippen LogP contribution in [0.2, 0.25) is 5.02 Å². The highest BCUT2D eigenvalue weighted by molar-refractivity contribution is 7.89. The summed E-state index contributed by atoms with van der Waals surface area (Å²) >= 11 is 6.09. The molecule has 2 rings (SSSR count). The van der Waals surface area contributed by atoms with Gasteiger partial charge in [-0.2, -0.15) is 0 Å². The Bertz CT molecular complexity index is 870. The van der Waals surface area contributed by atoms with Gasteiger partial charge in [0.25, 0.3) is 0 Å². The second-order valence-electron chi connectivity index (χ2n) is 5.48. The molecule has 0 aliphatic heterocycles. The van der Waals surface area contributed by atoms with Gasteiger partial charge >= 0.3 is 0 Å². The van der Waals surface area contributed by atoms with Gasteiger partial charge in [-0.15, -0.1) is 0 Å². The summed E-state index contributed by atoms with van der Waals surface area (Å²) in [7, 11) is -0.692. The van der Waals surface area contributed by atoms with E-state index in [4.69, 9.17) is 25.8 Å². The summed E-state index contributed by atoms with van der Waals surface area (Å²) in [6, 6.07) is 9.13. The fourth-order valence-corrected chi connectivity index (χ4v) is 3.97. The van der Waals surface area contributed by atoms with Crippen LogP contribution >= 0.6 is 11.6 Å². The summed E-state index contributed by atoms with van der Waals surface area (Å²) in [6.45, 7) is 4.02. The van der Waals surface area contributed by atoms with Crippen molar-refractivity contribution in [2.45, 2.75) is 24.8 Å². The van der Waals surface area contributed by atoms with Crippen molar-refractivity contribution >= 4 is 21.6 Å². The van der Waals surface area contributed by atoms with E-state index in [-0.39, 0.29) is 9.92 Å². The lowest BCUT2D eigenvalue weighted by molar-refractivity contribution is 0.340. The molecule has 8 heteroatoms. The Morgan fingerprint density at radius 3 is 2.27 bits per heavy atom. The van der Waals surface area contributed by atoms with E-state index in [1.54, 1.807) is 38.3 Å². The number of benzene rings is 2. The third-order valence-electron chi connectivity index (χ3n) is 3.75. The Balaban J connectivity index is 2.24. The number of hydrogen-bond acceptors (Lipinski definition) is 5. The summed E-state index contributed by atoms with van der Waals surface area (Å²) in [5, 5.41) is 0.244. The van der Waals surface area contributed by atoms with Gasteiger partial charge in [-0.1, -0.05) is 17.7 Å². The van der Waals surface area contributed by atoms with Gasteiger partial charge in [-0.05, 0) is 49.7 Å². The van der Waals surface area contributed by atoms with E-state index in [2.05, 4.69) is 4.72 Å². The van der Waals surface area contributed by atoms with Gasteiger partial charge in [0.2, 0.25) is 10.0 Å². The number of nitrogens with one attached hydrogen (secondary N) is 1. The van der Waals surface area contributed by atoms with Gasteiger partial charge in [-0.3, -0.25) is 0 Å². The van der Waals surface area contributed by atoms with E-state index >= 15 is 0 Å². The molecule has 1 atom stereocenters. The zero-order chi connectivity index (χ0) is 19.3. The number of hydrogen-bond donors (Lipinski definition) is 1. The van der Waals surface area contributed by atoms with Crippen molar-refractivity contribution in [1.82, 2.24) is 4.72 Å². The van der Waals surface area contributed by atoms with Gasteiger partial charge in [-0.25, -0.2) is 13.1 Å². The second kappa shape index (κ2) is 8.62. The number of ether oxygens (including phenoxy) is 3. The van der Waals surface area contributed by atoms with Crippen LogP contribution in [0.25, 0.3) is 0 Å². The van der Waals surface area contributed by atoms with Crippen molar-refractivity contribution < 1.29 is 22.6 Å². The van der Waals surface area contributed by atoms with E-state index in [0.717, 1.165) is 5.56 Å². The standard InChI is InChI=1S/C18H22ClNO5S/c1-5-25-16-9-7-14(11-15(16)19)26(21,22)20-12(2)13-6-8-17(23-3)18(10-13)24-4/h6-12,20H,5H2,1-4H3. The van der Waals surface area contributed by atoms with Crippen molar-refractivity contribution in [3.63, 3.8) is 0 Å². The molecule has 0 aliphatic carbocycles. The topological polar surface area (TPSA) is 73.9 Å². The smallest absolute Gasteiger partial charge is 0.241 e. The molecule has 0 bridgehead atoms. The van der Waals surface area contributed by atoms with Crippen LogP contribution in [0.15, 0.2) is 41.3 Å². The van der Waals surface area contributed by atoms with Crippen LogP contribution in [0.5, 0.6) is 17.2 Å². The Morgan fingerprint density at radius 2 is 1.69 bits per heavy atom. The van der Waals surface area contributed by atoms with Gasteiger partial charge in [0, 0.05) is 6.04 Å². The normalized spacial score (nSPS) is 12.5. The quantitative estimate of drug-likeness (QED) is 0.730. The largest absolute Gasteiger partial charge is 0.493 e. The molecule has 0 fully saturated rings. The zero-order valence-electron chi connectivity index (χ0n) is 15.1. The van der Waals surface area contributed by atoms with Crippen LogP contribution in [0, 0.1) is 0 Å². The number of halogens is 1. The monoisotopic (exact) mass is 399 g/mol. The SMILES string of the molecule is CCOc1ccc(S(=O)(=O)NC(C)c2ccc(OC)c(OC)c2)cc1Cl. The fourth-order valence-electron chi connectivity index (χ4n) is 2.41. The van der Waals surface area contributed by atoms with Crippen molar-refractivity contribution in [2.75, 3.05) is 20.8 Å². The molecule has 142 valence electrons. The molecule has 0 saturated heterocycles. The predicted octanol–water partition coefficient (Wildman–Crippen LogP) is 3.80. The highest BCUT2D eigenvalue weighted by atomic mass is 35.5. The molecule has 0 aliphatic rings. The first-order chi connectivity index (χ1) is 12.3. The Morgan fingerprint density at radius 1 is 1.04 bits per heavy atom. The zero-order valence-corrected chi connectivity index (χ0v) is 16.6. The average Bonchev–Trinajstić information content (AvgIpc) is 2.62. The first kappa shape index (κ1) is 20.4. The highest BCUT2D eigenvalue weighted by Gasteiger charge is 2.20. The first-order valence-corrected chi connectivity index (χ1v) is 9.85. The molecule has 0 amide bonds.